The molecule has 0 heterocycles. The van der Waals surface area contributed by atoms with Crippen LogP contribution < -0.4 is 11.1 Å². The molecule has 0 spiro atoms. The Labute approximate surface area is 105 Å². The van der Waals surface area contributed by atoms with E-state index in [1.807, 2.05) is 12.1 Å². The molecule has 17 heavy (non-hydrogen) atoms. The highest BCUT2D eigenvalue weighted by Gasteiger charge is 2.13. The predicted octanol–water partition coefficient (Wildman–Crippen LogP) is 3.96. The number of anilines is 2. The number of nitrogens with two attached hydrogens (primary N) is 1. The van der Waals surface area contributed by atoms with Crippen molar-refractivity contribution in [2.24, 2.45) is 5.92 Å². The Bertz CT molecular complexity index is 334. The molecule has 1 saturated carbocycles. The van der Waals surface area contributed by atoms with E-state index in [1.165, 1.54) is 44.1 Å². The van der Waals surface area contributed by atoms with Crippen LogP contribution in [0.3, 0.4) is 0 Å². The summed E-state index contributed by atoms with van der Waals surface area (Å²) in [5, 5.41) is 3.48. The van der Waals surface area contributed by atoms with Crippen molar-refractivity contribution >= 4 is 11.4 Å². The van der Waals surface area contributed by atoms with E-state index >= 15 is 0 Å². The van der Waals surface area contributed by atoms with E-state index in [1.54, 1.807) is 0 Å². The highest BCUT2D eigenvalue weighted by Crippen LogP contribution is 2.28. The molecule has 2 nitrogen and oxygen atoms in total. The second-order valence-corrected chi connectivity index (χ2v) is 5.26. The molecule has 1 aliphatic rings. The lowest BCUT2D eigenvalue weighted by atomic mass is 10.0. The molecule has 1 aliphatic carbocycles. The second-order valence-electron chi connectivity index (χ2n) is 5.26. The molecule has 0 aromatic heterocycles. The van der Waals surface area contributed by atoms with Gasteiger partial charge in [-0.05, 0) is 37.3 Å². The summed E-state index contributed by atoms with van der Waals surface area (Å²) in [5.41, 5.74) is 9.20. The molecule has 0 aliphatic heterocycles. The fourth-order valence-corrected chi connectivity index (χ4v) is 2.84. The molecule has 2 heteroatoms. The smallest absolute Gasteiger partial charge is 0.0603 e. The Morgan fingerprint density at radius 2 is 2.06 bits per heavy atom. The summed E-state index contributed by atoms with van der Waals surface area (Å²) in [6, 6.07) is 6.08. The van der Waals surface area contributed by atoms with Crippen molar-refractivity contribution < 1.29 is 0 Å². The molecule has 0 unspecified atom stereocenters. The van der Waals surface area contributed by atoms with E-state index in [4.69, 9.17) is 5.73 Å². The maximum atomic E-state index is 5.96. The topological polar surface area (TPSA) is 38.0 Å². The number of hydrogen-bond donors (Lipinski definition) is 2. The zero-order valence-electron chi connectivity index (χ0n) is 10.8. The van der Waals surface area contributed by atoms with E-state index in [2.05, 4.69) is 18.3 Å². The normalized spacial score (nSPS) is 16.3. The van der Waals surface area contributed by atoms with E-state index in [0.717, 1.165) is 23.8 Å². The Morgan fingerprint density at radius 3 is 2.76 bits per heavy atom. The summed E-state index contributed by atoms with van der Waals surface area (Å²) in [7, 11) is 0. The largest absolute Gasteiger partial charge is 0.397 e. The van der Waals surface area contributed by atoms with Crippen LogP contribution in [0.25, 0.3) is 0 Å². The molecule has 0 radical (unpaired) electrons. The maximum Gasteiger partial charge on any atom is 0.0603 e. The van der Waals surface area contributed by atoms with Crippen LogP contribution in [-0.2, 0) is 0 Å². The first-order chi connectivity index (χ1) is 8.27. The molecular weight excluding hydrogens is 208 g/mol. The third kappa shape index (κ3) is 3.39. The molecule has 2 rings (SSSR count). The van der Waals surface area contributed by atoms with Crippen LogP contribution in [0.15, 0.2) is 18.2 Å². The van der Waals surface area contributed by atoms with Crippen molar-refractivity contribution in [3.63, 3.8) is 0 Å². The van der Waals surface area contributed by atoms with Crippen molar-refractivity contribution in [1.82, 2.24) is 0 Å². The minimum atomic E-state index is 0.867. The highest BCUT2D eigenvalue weighted by atomic mass is 14.9. The van der Waals surface area contributed by atoms with E-state index in [9.17, 15) is 0 Å². The SMILES string of the molecule is Cc1cccc(N)c1NCCCC1CCCC1. The third-order valence-corrected chi connectivity index (χ3v) is 3.87. The fourth-order valence-electron chi connectivity index (χ4n) is 2.84. The van der Waals surface area contributed by atoms with Gasteiger partial charge in [0, 0.05) is 6.54 Å². The van der Waals surface area contributed by atoms with Crippen LogP contribution >= 0.6 is 0 Å². The van der Waals surface area contributed by atoms with Crippen LogP contribution in [0.2, 0.25) is 0 Å². The molecule has 3 N–H and O–H groups in total. The van der Waals surface area contributed by atoms with Gasteiger partial charge in [0.2, 0.25) is 0 Å². The molecular formula is C15H24N2. The minimum absolute atomic E-state index is 0.867. The fraction of sp³-hybridized carbons (Fsp3) is 0.600. The van der Waals surface area contributed by atoms with Crippen LogP contribution in [0, 0.1) is 12.8 Å². The predicted molar refractivity (Wildman–Crippen MR) is 75.3 cm³/mol. The van der Waals surface area contributed by atoms with E-state index < -0.39 is 0 Å². The molecule has 1 aromatic rings. The van der Waals surface area contributed by atoms with Gasteiger partial charge in [0.25, 0.3) is 0 Å². The van der Waals surface area contributed by atoms with E-state index in [-0.39, 0.29) is 0 Å². The van der Waals surface area contributed by atoms with E-state index in [0.29, 0.717) is 0 Å². The van der Waals surface area contributed by atoms with Crippen LogP contribution in [0.1, 0.15) is 44.1 Å². The number of nitrogens with one attached hydrogen (secondary N) is 1. The standard InChI is InChI=1S/C15H24N2/c1-12-6-4-10-14(16)15(12)17-11-5-9-13-7-2-3-8-13/h4,6,10,13,17H,2-3,5,7-9,11,16H2,1H3. The second kappa shape index (κ2) is 5.95. The number of para-hydroxylation sites is 1. The van der Waals surface area contributed by atoms with Gasteiger partial charge < -0.3 is 11.1 Å². The average molecular weight is 232 g/mol. The summed E-state index contributed by atoms with van der Waals surface area (Å²) in [6.07, 6.45) is 8.43. The summed E-state index contributed by atoms with van der Waals surface area (Å²) in [4.78, 5) is 0. The third-order valence-electron chi connectivity index (χ3n) is 3.87. The Morgan fingerprint density at radius 1 is 1.29 bits per heavy atom. The number of hydrogen-bond acceptors (Lipinski definition) is 2. The van der Waals surface area contributed by atoms with Gasteiger partial charge >= 0.3 is 0 Å². The van der Waals surface area contributed by atoms with Crippen LogP contribution in [0.5, 0.6) is 0 Å². The maximum absolute atomic E-state index is 5.96. The van der Waals surface area contributed by atoms with Gasteiger partial charge in [-0.25, -0.2) is 0 Å². The highest BCUT2D eigenvalue weighted by molar-refractivity contribution is 5.69. The molecule has 94 valence electrons. The molecule has 0 amide bonds. The summed E-state index contributed by atoms with van der Waals surface area (Å²) >= 11 is 0. The first-order valence-corrected chi connectivity index (χ1v) is 6.86. The molecule has 1 fully saturated rings. The van der Waals surface area contributed by atoms with Crippen molar-refractivity contribution in [1.29, 1.82) is 0 Å². The quantitative estimate of drug-likeness (QED) is 0.595. The summed E-state index contributed by atoms with van der Waals surface area (Å²) in [5.74, 6) is 0.992. The lowest BCUT2D eigenvalue weighted by molar-refractivity contribution is 0.491. The Kier molecular flexibility index (Phi) is 4.29. The van der Waals surface area contributed by atoms with Gasteiger partial charge in [-0.2, -0.15) is 0 Å². The lowest BCUT2D eigenvalue weighted by Gasteiger charge is -2.13. The Hall–Kier alpha value is -1.18. The van der Waals surface area contributed by atoms with Gasteiger partial charge in [-0.3, -0.25) is 0 Å². The number of benzene rings is 1. The zero-order chi connectivity index (χ0) is 12.1. The number of aryl methyl sites for hydroxylation is 1. The molecule has 0 bridgehead atoms. The van der Waals surface area contributed by atoms with Crippen molar-refractivity contribution in [3.05, 3.63) is 23.8 Å². The number of nitrogen functional groups attached to an aromatic ring is 1. The van der Waals surface area contributed by atoms with Gasteiger partial charge in [-0.1, -0.05) is 37.8 Å². The summed E-state index contributed by atoms with van der Waals surface area (Å²) < 4.78 is 0. The zero-order valence-corrected chi connectivity index (χ0v) is 10.8. The molecule has 0 atom stereocenters. The van der Waals surface area contributed by atoms with Gasteiger partial charge in [0.15, 0.2) is 0 Å². The first kappa shape index (κ1) is 12.3. The van der Waals surface area contributed by atoms with Crippen LogP contribution in [-0.4, -0.2) is 6.54 Å². The minimum Gasteiger partial charge on any atom is -0.397 e. The first-order valence-electron chi connectivity index (χ1n) is 6.86. The van der Waals surface area contributed by atoms with Crippen molar-refractivity contribution in [3.8, 4) is 0 Å². The van der Waals surface area contributed by atoms with Gasteiger partial charge in [0.05, 0.1) is 11.4 Å². The summed E-state index contributed by atoms with van der Waals surface area (Å²) in [6.45, 7) is 3.15. The monoisotopic (exact) mass is 232 g/mol. The van der Waals surface area contributed by atoms with Crippen molar-refractivity contribution in [2.75, 3.05) is 17.6 Å². The Balaban J connectivity index is 1.74. The average Bonchev–Trinajstić information content (AvgIpc) is 2.80. The molecule has 0 saturated heterocycles. The van der Waals surface area contributed by atoms with Gasteiger partial charge in [0.1, 0.15) is 0 Å². The van der Waals surface area contributed by atoms with Crippen LogP contribution in [0.4, 0.5) is 11.4 Å². The van der Waals surface area contributed by atoms with Gasteiger partial charge in [-0.15, -0.1) is 0 Å². The number of rotatable bonds is 5. The van der Waals surface area contributed by atoms with Crippen molar-refractivity contribution in [2.45, 2.75) is 45.4 Å². The lowest BCUT2D eigenvalue weighted by Crippen LogP contribution is -2.07. The molecule has 1 aromatic carbocycles.